The average molecular weight is 501 g/mol. The van der Waals surface area contributed by atoms with Crippen molar-refractivity contribution in [2.24, 2.45) is 14.1 Å². The second-order valence-corrected chi connectivity index (χ2v) is 8.87. The second-order valence-electron chi connectivity index (χ2n) is 8.87. The van der Waals surface area contributed by atoms with Crippen LogP contribution in [-0.2, 0) is 23.7 Å². The molecule has 2 heterocycles. The monoisotopic (exact) mass is 501 g/mol. The molecule has 0 saturated heterocycles. The molecule has 1 amide bonds. The Morgan fingerprint density at radius 1 is 0.892 bits per heavy atom. The molecule has 188 valence electrons. The number of hydrogen-bond acceptors (Lipinski definition) is 7. The highest BCUT2D eigenvalue weighted by Gasteiger charge is 2.47. The maximum Gasteiger partial charge on any atom is 0.332 e. The van der Waals surface area contributed by atoms with Crippen LogP contribution in [0.25, 0.3) is 5.70 Å². The molecular formula is C27H23N3O7. The van der Waals surface area contributed by atoms with Crippen molar-refractivity contribution in [3.8, 4) is 11.5 Å². The zero-order valence-corrected chi connectivity index (χ0v) is 20.8. The molecule has 1 aliphatic carbocycles. The van der Waals surface area contributed by atoms with Gasteiger partial charge in [0.25, 0.3) is 5.56 Å². The van der Waals surface area contributed by atoms with Gasteiger partial charge in [-0.1, -0.05) is 30.3 Å². The fourth-order valence-electron chi connectivity index (χ4n) is 5.17. The van der Waals surface area contributed by atoms with Gasteiger partial charge in [-0.05, 0) is 17.7 Å². The van der Waals surface area contributed by atoms with E-state index in [9.17, 15) is 24.0 Å². The summed E-state index contributed by atoms with van der Waals surface area (Å²) < 4.78 is 12.9. The fraction of sp³-hybridized carbons (Fsp3) is 0.222. The van der Waals surface area contributed by atoms with Crippen LogP contribution in [0.4, 0.5) is 5.82 Å². The van der Waals surface area contributed by atoms with E-state index >= 15 is 0 Å². The number of anilines is 1. The molecule has 0 bridgehead atoms. The Kier molecular flexibility index (Phi) is 5.47. The lowest BCUT2D eigenvalue weighted by atomic mass is 9.80. The van der Waals surface area contributed by atoms with Crippen LogP contribution in [0.15, 0.2) is 57.6 Å². The van der Waals surface area contributed by atoms with Gasteiger partial charge in [-0.15, -0.1) is 0 Å². The van der Waals surface area contributed by atoms with Crippen molar-refractivity contribution in [2.45, 2.75) is 19.8 Å². The first-order chi connectivity index (χ1) is 17.6. The molecule has 2 aliphatic rings. The number of nitrogens with zero attached hydrogens (tertiary/aromatic N) is 3. The maximum atomic E-state index is 13.8. The van der Waals surface area contributed by atoms with Gasteiger partial charge < -0.3 is 9.47 Å². The average Bonchev–Trinajstić information content (AvgIpc) is 3.16. The highest BCUT2D eigenvalue weighted by molar-refractivity contribution is 6.27. The molecule has 1 atom stereocenters. The van der Waals surface area contributed by atoms with E-state index in [2.05, 4.69) is 0 Å². The zero-order valence-electron chi connectivity index (χ0n) is 20.8. The summed E-state index contributed by atoms with van der Waals surface area (Å²) >= 11 is 0. The number of ether oxygens (including phenoxy) is 2. The number of hydrogen-bond donors (Lipinski definition) is 0. The molecule has 37 heavy (non-hydrogen) atoms. The normalized spacial score (nSPS) is 15.8. The summed E-state index contributed by atoms with van der Waals surface area (Å²) in [6.07, 6.45) is 0. The SMILES string of the molecule is COc1cc(C2C3=C(c4ccccc4C3=O)N(C(C)=O)c3c2c(=O)n(C)c(=O)n3C)ccc1OC(C)=O. The number of aromatic nitrogens is 2. The van der Waals surface area contributed by atoms with Crippen LogP contribution in [0.3, 0.4) is 0 Å². The molecule has 2 aromatic carbocycles. The van der Waals surface area contributed by atoms with Gasteiger partial charge in [0.1, 0.15) is 5.82 Å². The van der Waals surface area contributed by atoms with Crippen molar-refractivity contribution >= 4 is 29.2 Å². The van der Waals surface area contributed by atoms with Gasteiger partial charge in [-0.2, -0.15) is 0 Å². The van der Waals surface area contributed by atoms with Crippen molar-refractivity contribution in [2.75, 3.05) is 12.0 Å². The van der Waals surface area contributed by atoms with Crippen LogP contribution >= 0.6 is 0 Å². The second kappa shape index (κ2) is 8.44. The van der Waals surface area contributed by atoms with Gasteiger partial charge in [0, 0.05) is 50.6 Å². The van der Waals surface area contributed by atoms with Crippen LogP contribution in [-0.4, -0.2) is 33.9 Å². The number of carbonyl (C=O) groups is 3. The molecule has 0 N–H and O–H groups in total. The Morgan fingerprint density at radius 3 is 2.19 bits per heavy atom. The number of ketones is 1. The first-order valence-electron chi connectivity index (χ1n) is 11.4. The topological polar surface area (TPSA) is 117 Å². The molecule has 0 spiro atoms. The molecule has 10 heteroatoms. The number of benzene rings is 2. The Labute approximate surface area is 211 Å². The minimum Gasteiger partial charge on any atom is -0.493 e. The van der Waals surface area contributed by atoms with E-state index < -0.39 is 29.0 Å². The largest absolute Gasteiger partial charge is 0.493 e. The molecule has 3 aromatic rings. The molecule has 10 nitrogen and oxygen atoms in total. The van der Waals surface area contributed by atoms with Crippen molar-refractivity contribution in [1.29, 1.82) is 0 Å². The minimum atomic E-state index is -0.939. The number of amides is 1. The number of rotatable bonds is 3. The summed E-state index contributed by atoms with van der Waals surface area (Å²) in [5.41, 5.74) is 0.833. The van der Waals surface area contributed by atoms with Crippen molar-refractivity contribution < 1.29 is 23.9 Å². The standard InChI is InChI=1S/C27H23N3O7/c1-13(31)30-23-16-8-6-7-9-17(16)24(33)21(23)20(22-25(30)28(3)27(35)29(4)26(22)34)15-10-11-18(37-14(2)32)19(12-15)36-5/h6-12,20H,1-5H3. The number of fused-ring (bicyclic) bond motifs is 3. The summed E-state index contributed by atoms with van der Waals surface area (Å²) in [5, 5.41) is 0. The number of allylic oxidation sites excluding steroid dienone is 1. The molecule has 5 rings (SSSR count). The number of carbonyl (C=O) groups excluding carboxylic acids is 3. The van der Waals surface area contributed by atoms with E-state index in [1.165, 1.54) is 50.6 Å². The number of Topliss-reactive ketones (excluding diaryl/α,β-unsaturated/α-hetero) is 1. The third kappa shape index (κ3) is 3.36. The first kappa shape index (κ1) is 24.0. The Morgan fingerprint density at radius 2 is 1.57 bits per heavy atom. The fourth-order valence-corrected chi connectivity index (χ4v) is 5.17. The number of methoxy groups -OCH3 is 1. The molecular weight excluding hydrogens is 478 g/mol. The van der Waals surface area contributed by atoms with Gasteiger partial charge in [0.05, 0.1) is 18.4 Å². The molecule has 1 aliphatic heterocycles. The summed E-state index contributed by atoms with van der Waals surface area (Å²) in [6.45, 7) is 2.58. The predicted molar refractivity (Wildman–Crippen MR) is 134 cm³/mol. The minimum absolute atomic E-state index is 0.0943. The lowest BCUT2D eigenvalue weighted by molar-refractivity contribution is -0.132. The van der Waals surface area contributed by atoms with E-state index in [1.54, 1.807) is 36.4 Å². The van der Waals surface area contributed by atoms with Crippen molar-refractivity contribution in [1.82, 2.24) is 9.13 Å². The van der Waals surface area contributed by atoms with Crippen LogP contribution in [0.5, 0.6) is 11.5 Å². The van der Waals surface area contributed by atoms with Crippen LogP contribution < -0.4 is 25.6 Å². The third-order valence-corrected chi connectivity index (χ3v) is 6.70. The first-order valence-corrected chi connectivity index (χ1v) is 11.4. The summed E-state index contributed by atoms with van der Waals surface area (Å²) in [5.74, 6) is -1.78. The molecule has 0 saturated carbocycles. The molecule has 1 unspecified atom stereocenters. The van der Waals surface area contributed by atoms with Crippen LogP contribution in [0, 0.1) is 0 Å². The highest BCUT2D eigenvalue weighted by atomic mass is 16.6. The van der Waals surface area contributed by atoms with E-state index in [-0.39, 0.29) is 34.2 Å². The summed E-state index contributed by atoms with van der Waals surface area (Å²) in [4.78, 5) is 66.3. The van der Waals surface area contributed by atoms with Gasteiger partial charge in [-0.25, -0.2) is 4.79 Å². The third-order valence-electron chi connectivity index (χ3n) is 6.70. The quantitative estimate of drug-likeness (QED) is 0.399. The molecule has 0 radical (unpaired) electrons. The Balaban J connectivity index is 1.91. The van der Waals surface area contributed by atoms with E-state index in [0.717, 1.165) is 4.57 Å². The zero-order chi connectivity index (χ0) is 26.8. The Hall–Kier alpha value is -4.73. The molecule has 0 fully saturated rings. The van der Waals surface area contributed by atoms with Crippen LogP contribution in [0.2, 0.25) is 0 Å². The van der Waals surface area contributed by atoms with Gasteiger partial charge in [0.15, 0.2) is 17.3 Å². The lowest BCUT2D eigenvalue weighted by Gasteiger charge is -2.36. The number of esters is 1. The van der Waals surface area contributed by atoms with Gasteiger partial charge >= 0.3 is 11.7 Å². The maximum absolute atomic E-state index is 13.8. The van der Waals surface area contributed by atoms with E-state index in [1.807, 2.05) is 0 Å². The Bertz CT molecular complexity index is 1690. The smallest absolute Gasteiger partial charge is 0.332 e. The molecule has 1 aromatic heterocycles. The van der Waals surface area contributed by atoms with Crippen molar-refractivity contribution in [3.05, 3.63) is 91.1 Å². The van der Waals surface area contributed by atoms with Gasteiger partial charge in [-0.3, -0.25) is 33.2 Å². The van der Waals surface area contributed by atoms with Crippen LogP contribution in [0.1, 0.15) is 46.8 Å². The summed E-state index contributed by atoms with van der Waals surface area (Å²) in [6, 6.07) is 11.6. The van der Waals surface area contributed by atoms with E-state index in [0.29, 0.717) is 22.4 Å². The van der Waals surface area contributed by atoms with Crippen molar-refractivity contribution in [3.63, 3.8) is 0 Å². The van der Waals surface area contributed by atoms with E-state index in [4.69, 9.17) is 9.47 Å². The predicted octanol–water partition coefficient (Wildman–Crippen LogP) is 2.12. The lowest BCUT2D eigenvalue weighted by Crippen LogP contribution is -2.46. The van der Waals surface area contributed by atoms with Gasteiger partial charge in [0.2, 0.25) is 5.91 Å². The summed E-state index contributed by atoms with van der Waals surface area (Å²) in [7, 11) is 4.23. The highest BCUT2D eigenvalue weighted by Crippen LogP contribution is 2.51.